The molecule has 0 bridgehead atoms. The second-order valence-electron chi connectivity index (χ2n) is 5.59. The van der Waals surface area contributed by atoms with Crippen molar-refractivity contribution in [1.29, 1.82) is 0 Å². The Morgan fingerprint density at radius 1 is 1.32 bits per heavy atom. The predicted octanol–water partition coefficient (Wildman–Crippen LogP) is 0.0818. The van der Waals surface area contributed by atoms with E-state index in [1.807, 2.05) is 6.92 Å². The second kappa shape index (κ2) is 5.59. The van der Waals surface area contributed by atoms with Crippen LogP contribution in [0.4, 0.5) is 0 Å². The molecule has 1 aliphatic carbocycles. The van der Waals surface area contributed by atoms with E-state index < -0.39 is 17.8 Å². The molecular weight excluding hydrogens is 248 g/mol. The molecular formula is C13H20N2O4. The third-order valence-corrected chi connectivity index (χ3v) is 4.01. The van der Waals surface area contributed by atoms with Crippen LogP contribution < -0.4 is 5.32 Å². The minimum absolute atomic E-state index is 0.0516. The first-order valence-corrected chi connectivity index (χ1v) is 6.77. The van der Waals surface area contributed by atoms with Gasteiger partial charge in [-0.1, -0.05) is 6.92 Å². The van der Waals surface area contributed by atoms with Crippen LogP contribution in [0.15, 0.2) is 0 Å². The lowest BCUT2D eigenvalue weighted by Gasteiger charge is -2.24. The molecule has 2 fully saturated rings. The molecule has 1 aliphatic heterocycles. The second-order valence-corrected chi connectivity index (χ2v) is 5.59. The van der Waals surface area contributed by atoms with E-state index in [-0.39, 0.29) is 24.3 Å². The summed E-state index contributed by atoms with van der Waals surface area (Å²) < 4.78 is 0. The summed E-state index contributed by atoms with van der Waals surface area (Å²) in [6, 6.07) is 0. The number of carbonyl (C=O) groups excluding carboxylic acids is 2. The average molecular weight is 268 g/mol. The van der Waals surface area contributed by atoms with Gasteiger partial charge in [-0.05, 0) is 25.2 Å². The largest absolute Gasteiger partial charge is 0.481 e. The summed E-state index contributed by atoms with van der Waals surface area (Å²) in [7, 11) is 0. The van der Waals surface area contributed by atoms with E-state index >= 15 is 0 Å². The molecule has 2 amide bonds. The van der Waals surface area contributed by atoms with Crippen molar-refractivity contribution in [3.05, 3.63) is 0 Å². The Labute approximate surface area is 112 Å². The van der Waals surface area contributed by atoms with E-state index in [2.05, 4.69) is 5.32 Å². The van der Waals surface area contributed by atoms with Crippen molar-refractivity contribution in [2.24, 2.45) is 17.8 Å². The Hall–Kier alpha value is -1.59. The highest BCUT2D eigenvalue weighted by atomic mass is 16.4. The van der Waals surface area contributed by atoms with Gasteiger partial charge in [0.2, 0.25) is 11.8 Å². The Balaban J connectivity index is 2.09. The van der Waals surface area contributed by atoms with Crippen LogP contribution in [0, 0.1) is 17.8 Å². The fourth-order valence-electron chi connectivity index (χ4n) is 3.07. The van der Waals surface area contributed by atoms with Crippen molar-refractivity contribution < 1.29 is 19.5 Å². The Morgan fingerprint density at radius 2 is 2.00 bits per heavy atom. The van der Waals surface area contributed by atoms with E-state index in [0.29, 0.717) is 25.9 Å². The number of hydrogen-bond donors (Lipinski definition) is 2. The number of rotatable bonds is 2. The smallest absolute Gasteiger partial charge is 0.307 e. The minimum atomic E-state index is -0.901. The Bertz CT molecular complexity index is 396. The van der Waals surface area contributed by atoms with Crippen molar-refractivity contribution in [1.82, 2.24) is 10.2 Å². The van der Waals surface area contributed by atoms with Crippen molar-refractivity contribution in [2.45, 2.75) is 26.2 Å². The van der Waals surface area contributed by atoms with Crippen LogP contribution in [-0.4, -0.2) is 47.4 Å². The van der Waals surface area contributed by atoms with Gasteiger partial charge in [-0.3, -0.25) is 14.4 Å². The lowest BCUT2D eigenvalue weighted by atomic mass is 9.94. The molecule has 2 N–H and O–H groups in total. The average Bonchev–Trinajstić information content (AvgIpc) is 2.61. The number of carboxylic acids is 1. The summed E-state index contributed by atoms with van der Waals surface area (Å²) in [5, 5.41) is 11.9. The van der Waals surface area contributed by atoms with Gasteiger partial charge in [0.15, 0.2) is 0 Å². The maximum Gasteiger partial charge on any atom is 0.307 e. The molecule has 2 rings (SSSR count). The number of nitrogens with one attached hydrogen (secondary N) is 1. The molecule has 2 aliphatic rings. The number of amides is 2. The monoisotopic (exact) mass is 268 g/mol. The molecule has 106 valence electrons. The number of nitrogens with zero attached hydrogens (tertiary/aromatic N) is 1. The van der Waals surface area contributed by atoms with Gasteiger partial charge in [0.1, 0.15) is 0 Å². The highest BCUT2D eigenvalue weighted by Crippen LogP contribution is 2.37. The molecule has 0 aromatic heterocycles. The Kier molecular flexibility index (Phi) is 4.07. The zero-order valence-corrected chi connectivity index (χ0v) is 11.1. The van der Waals surface area contributed by atoms with Gasteiger partial charge in [-0.15, -0.1) is 0 Å². The molecule has 3 unspecified atom stereocenters. The minimum Gasteiger partial charge on any atom is -0.481 e. The van der Waals surface area contributed by atoms with Crippen LogP contribution in [0.3, 0.4) is 0 Å². The zero-order chi connectivity index (χ0) is 14.0. The quantitative estimate of drug-likeness (QED) is 0.742. The standard InChI is InChI=1S/C13H20N2O4/c1-8-5-9(10(6-8)13(18)19)12(17)15-4-2-3-14-11(16)7-15/h8-10H,2-7H2,1H3,(H,14,16)(H,18,19). The van der Waals surface area contributed by atoms with E-state index in [0.717, 1.165) is 6.42 Å². The van der Waals surface area contributed by atoms with Crippen molar-refractivity contribution in [3.63, 3.8) is 0 Å². The first kappa shape index (κ1) is 13.8. The first-order valence-electron chi connectivity index (χ1n) is 6.77. The van der Waals surface area contributed by atoms with Crippen molar-refractivity contribution in [3.8, 4) is 0 Å². The molecule has 1 heterocycles. The van der Waals surface area contributed by atoms with Crippen molar-refractivity contribution in [2.75, 3.05) is 19.6 Å². The molecule has 3 atom stereocenters. The van der Waals surface area contributed by atoms with Crippen molar-refractivity contribution >= 4 is 17.8 Å². The van der Waals surface area contributed by atoms with Gasteiger partial charge >= 0.3 is 5.97 Å². The normalized spacial score (nSPS) is 31.7. The Morgan fingerprint density at radius 3 is 2.68 bits per heavy atom. The molecule has 0 aromatic rings. The summed E-state index contributed by atoms with van der Waals surface area (Å²) in [5.41, 5.74) is 0. The SMILES string of the molecule is CC1CC(C(=O)O)C(C(=O)N2CCCNC(=O)C2)C1. The van der Waals surface area contributed by atoms with Crippen LogP contribution in [0.1, 0.15) is 26.2 Å². The van der Waals surface area contributed by atoms with Gasteiger partial charge < -0.3 is 15.3 Å². The van der Waals surface area contributed by atoms with Crippen LogP contribution in [-0.2, 0) is 14.4 Å². The topological polar surface area (TPSA) is 86.7 Å². The third kappa shape index (κ3) is 3.05. The number of carbonyl (C=O) groups is 3. The fraction of sp³-hybridized carbons (Fsp3) is 0.769. The summed E-state index contributed by atoms with van der Waals surface area (Å²) in [6.07, 6.45) is 1.87. The molecule has 0 radical (unpaired) electrons. The fourth-order valence-corrected chi connectivity index (χ4v) is 3.07. The lowest BCUT2D eigenvalue weighted by molar-refractivity contribution is -0.149. The molecule has 0 aromatic carbocycles. The lowest BCUT2D eigenvalue weighted by Crippen LogP contribution is -2.42. The van der Waals surface area contributed by atoms with Crippen LogP contribution >= 0.6 is 0 Å². The van der Waals surface area contributed by atoms with Crippen LogP contribution in [0.2, 0.25) is 0 Å². The van der Waals surface area contributed by atoms with E-state index in [4.69, 9.17) is 0 Å². The van der Waals surface area contributed by atoms with E-state index in [1.165, 1.54) is 4.90 Å². The number of aliphatic carboxylic acids is 1. The van der Waals surface area contributed by atoms with Crippen LogP contribution in [0.5, 0.6) is 0 Å². The molecule has 1 saturated carbocycles. The predicted molar refractivity (Wildman–Crippen MR) is 67.2 cm³/mol. The van der Waals surface area contributed by atoms with E-state index in [1.54, 1.807) is 0 Å². The van der Waals surface area contributed by atoms with Gasteiger partial charge in [0, 0.05) is 13.1 Å². The van der Waals surface area contributed by atoms with Gasteiger partial charge in [-0.25, -0.2) is 0 Å². The molecule has 6 heteroatoms. The molecule has 1 saturated heterocycles. The first-order chi connectivity index (χ1) is 8.99. The van der Waals surface area contributed by atoms with Gasteiger partial charge in [0.05, 0.1) is 18.4 Å². The third-order valence-electron chi connectivity index (χ3n) is 4.01. The number of hydrogen-bond acceptors (Lipinski definition) is 3. The highest BCUT2D eigenvalue weighted by Gasteiger charge is 2.43. The molecule has 0 spiro atoms. The summed E-state index contributed by atoms with van der Waals surface area (Å²) in [4.78, 5) is 36.7. The molecule has 6 nitrogen and oxygen atoms in total. The highest BCUT2D eigenvalue weighted by molar-refractivity contribution is 5.89. The van der Waals surface area contributed by atoms with Crippen LogP contribution in [0.25, 0.3) is 0 Å². The van der Waals surface area contributed by atoms with Gasteiger partial charge in [-0.2, -0.15) is 0 Å². The zero-order valence-electron chi connectivity index (χ0n) is 11.1. The van der Waals surface area contributed by atoms with E-state index in [9.17, 15) is 19.5 Å². The summed E-state index contributed by atoms with van der Waals surface area (Å²) in [5.74, 6) is -2.07. The maximum atomic E-state index is 12.4. The summed E-state index contributed by atoms with van der Waals surface area (Å²) in [6.45, 7) is 3.12. The molecule has 19 heavy (non-hydrogen) atoms. The number of carboxylic acid groups (broad SMARTS) is 1. The maximum absolute atomic E-state index is 12.4. The van der Waals surface area contributed by atoms with Gasteiger partial charge in [0.25, 0.3) is 0 Å². The summed E-state index contributed by atoms with van der Waals surface area (Å²) >= 11 is 0.